The van der Waals surface area contributed by atoms with E-state index in [9.17, 15) is 0 Å². The van der Waals surface area contributed by atoms with Crippen molar-refractivity contribution in [1.29, 1.82) is 0 Å². The number of nitrogens with zero attached hydrogens (tertiary/aromatic N) is 5. The highest BCUT2D eigenvalue weighted by Gasteiger charge is 2.17. The Morgan fingerprint density at radius 1 is 1.04 bits per heavy atom. The largest absolute Gasteiger partial charge is 0.363 e. The molecule has 3 aromatic heterocycles. The summed E-state index contributed by atoms with van der Waals surface area (Å²) in [5.74, 6) is 1.42. The van der Waals surface area contributed by atoms with Crippen LogP contribution >= 0.6 is 0 Å². The highest BCUT2D eigenvalue weighted by Crippen LogP contribution is 2.29. The summed E-state index contributed by atoms with van der Waals surface area (Å²) >= 11 is 0. The second-order valence-corrected chi connectivity index (χ2v) is 6.32. The first-order valence-corrected chi connectivity index (χ1v) is 8.56. The van der Waals surface area contributed by atoms with Crippen LogP contribution in [0.25, 0.3) is 22.4 Å². The van der Waals surface area contributed by atoms with Gasteiger partial charge in [-0.3, -0.25) is 9.67 Å². The van der Waals surface area contributed by atoms with Crippen molar-refractivity contribution in [2.75, 3.05) is 5.32 Å². The van der Waals surface area contributed by atoms with Crippen LogP contribution in [0.3, 0.4) is 0 Å². The van der Waals surface area contributed by atoms with Crippen LogP contribution in [-0.2, 0) is 7.05 Å². The molecule has 6 nitrogen and oxygen atoms in total. The van der Waals surface area contributed by atoms with Crippen molar-refractivity contribution >= 4 is 16.9 Å². The number of aromatic nitrogens is 5. The molecule has 0 bridgehead atoms. The van der Waals surface area contributed by atoms with Gasteiger partial charge >= 0.3 is 0 Å². The summed E-state index contributed by atoms with van der Waals surface area (Å²) in [6.07, 6.45) is 3.52. The number of hydrogen-bond acceptors (Lipinski definition) is 5. The standard InChI is InChI=1S/C20H20N6/c1-13(15-8-5-4-6-9-15)22-19-17-14(2)25-26(3)20(17)24-18(23-19)16-10-7-11-21-12-16/h4-13H,1-3H3,(H,22,23,24)/t13-/m0/s1. The minimum Gasteiger partial charge on any atom is -0.363 e. The summed E-state index contributed by atoms with van der Waals surface area (Å²) in [5.41, 5.74) is 3.79. The molecule has 0 aliphatic heterocycles. The molecule has 0 amide bonds. The molecule has 0 unspecified atom stereocenters. The zero-order valence-corrected chi connectivity index (χ0v) is 15.0. The summed E-state index contributed by atoms with van der Waals surface area (Å²) in [6.45, 7) is 4.10. The monoisotopic (exact) mass is 344 g/mol. The third-order valence-electron chi connectivity index (χ3n) is 4.43. The van der Waals surface area contributed by atoms with E-state index in [2.05, 4.69) is 34.5 Å². The molecule has 0 fully saturated rings. The second-order valence-electron chi connectivity index (χ2n) is 6.32. The van der Waals surface area contributed by atoms with Gasteiger partial charge in [-0.25, -0.2) is 9.97 Å². The van der Waals surface area contributed by atoms with Crippen molar-refractivity contribution < 1.29 is 0 Å². The number of rotatable bonds is 4. The molecule has 6 heteroatoms. The van der Waals surface area contributed by atoms with Crippen molar-refractivity contribution in [3.05, 3.63) is 66.1 Å². The number of pyridine rings is 1. The lowest BCUT2D eigenvalue weighted by Crippen LogP contribution is -2.09. The predicted molar refractivity (Wildman–Crippen MR) is 103 cm³/mol. The Labute approximate surface area is 152 Å². The van der Waals surface area contributed by atoms with Gasteiger partial charge in [-0.15, -0.1) is 0 Å². The molecule has 1 atom stereocenters. The smallest absolute Gasteiger partial charge is 0.165 e. The van der Waals surface area contributed by atoms with Gasteiger partial charge in [0, 0.05) is 31.0 Å². The van der Waals surface area contributed by atoms with Crippen LogP contribution in [0.1, 0.15) is 24.2 Å². The van der Waals surface area contributed by atoms with E-state index >= 15 is 0 Å². The Morgan fingerprint density at radius 2 is 1.85 bits per heavy atom. The average molecular weight is 344 g/mol. The topological polar surface area (TPSA) is 68.5 Å². The normalized spacial score (nSPS) is 12.3. The molecule has 0 radical (unpaired) electrons. The van der Waals surface area contributed by atoms with Crippen LogP contribution in [0.2, 0.25) is 0 Å². The lowest BCUT2D eigenvalue weighted by molar-refractivity contribution is 0.773. The highest BCUT2D eigenvalue weighted by molar-refractivity contribution is 5.91. The van der Waals surface area contributed by atoms with E-state index in [-0.39, 0.29) is 6.04 Å². The van der Waals surface area contributed by atoms with Crippen LogP contribution in [0, 0.1) is 6.92 Å². The van der Waals surface area contributed by atoms with Crippen molar-refractivity contribution in [2.45, 2.75) is 19.9 Å². The van der Waals surface area contributed by atoms with Crippen molar-refractivity contribution in [1.82, 2.24) is 24.7 Å². The first-order valence-electron chi connectivity index (χ1n) is 8.56. The molecule has 3 heterocycles. The molecule has 0 aliphatic carbocycles. The maximum atomic E-state index is 4.80. The predicted octanol–water partition coefficient (Wildman–Crippen LogP) is 3.91. The molecule has 1 N–H and O–H groups in total. The SMILES string of the molecule is Cc1nn(C)c2nc(-c3cccnc3)nc(N[C@@H](C)c3ccccc3)c12. The lowest BCUT2D eigenvalue weighted by Gasteiger charge is -2.16. The highest BCUT2D eigenvalue weighted by atomic mass is 15.3. The number of anilines is 1. The summed E-state index contributed by atoms with van der Waals surface area (Å²) < 4.78 is 1.80. The minimum absolute atomic E-state index is 0.107. The maximum absolute atomic E-state index is 4.80. The van der Waals surface area contributed by atoms with Gasteiger partial charge in [0.2, 0.25) is 0 Å². The van der Waals surface area contributed by atoms with Gasteiger partial charge in [-0.2, -0.15) is 5.10 Å². The van der Waals surface area contributed by atoms with Crippen LogP contribution < -0.4 is 5.32 Å². The molecular weight excluding hydrogens is 324 g/mol. The van der Waals surface area contributed by atoms with Crippen molar-refractivity contribution in [3.8, 4) is 11.4 Å². The first kappa shape index (κ1) is 16.2. The van der Waals surface area contributed by atoms with E-state index in [0.29, 0.717) is 5.82 Å². The fraction of sp³-hybridized carbons (Fsp3) is 0.200. The molecule has 1 aromatic carbocycles. The minimum atomic E-state index is 0.107. The molecule has 4 aromatic rings. The molecule has 4 rings (SSSR count). The Hall–Kier alpha value is -3.28. The van der Waals surface area contributed by atoms with Crippen molar-refractivity contribution in [2.24, 2.45) is 7.05 Å². The Kier molecular flexibility index (Phi) is 4.08. The van der Waals surface area contributed by atoms with Gasteiger partial charge in [0.05, 0.1) is 11.1 Å². The molecule has 0 saturated heterocycles. The van der Waals surface area contributed by atoms with Crippen LogP contribution in [0.15, 0.2) is 54.9 Å². The average Bonchev–Trinajstić information content (AvgIpc) is 2.97. The fourth-order valence-corrected chi connectivity index (χ4v) is 3.10. The summed E-state index contributed by atoms with van der Waals surface area (Å²) in [6, 6.07) is 14.3. The molecule has 0 saturated carbocycles. The molecule has 130 valence electrons. The van der Waals surface area contributed by atoms with E-state index in [1.807, 2.05) is 44.3 Å². The van der Waals surface area contributed by atoms with Gasteiger partial charge in [0.25, 0.3) is 0 Å². The van der Waals surface area contributed by atoms with Gasteiger partial charge in [-0.1, -0.05) is 30.3 Å². The van der Waals surface area contributed by atoms with Gasteiger partial charge in [0.1, 0.15) is 5.82 Å². The van der Waals surface area contributed by atoms with Gasteiger partial charge in [0.15, 0.2) is 11.5 Å². The molecule has 0 spiro atoms. The number of aryl methyl sites for hydroxylation is 2. The Balaban J connectivity index is 1.84. The van der Waals surface area contributed by atoms with E-state index < -0.39 is 0 Å². The second kappa shape index (κ2) is 6.55. The number of hydrogen-bond donors (Lipinski definition) is 1. The first-order chi connectivity index (χ1) is 12.6. The molecule has 26 heavy (non-hydrogen) atoms. The van der Waals surface area contributed by atoms with Crippen LogP contribution in [0.5, 0.6) is 0 Å². The third kappa shape index (κ3) is 2.90. The summed E-state index contributed by atoms with van der Waals surface area (Å²) in [7, 11) is 1.90. The maximum Gasteiger partial charge on any atom is 0.165 e. The van der Waals surface area contributed by atoms with Gasteiger partial charge in [-0.05, 0) is 31.5 Å². The van der Waals surface area contributed by atoms with E-state index in [1.54, 1.807) is 17.1 Å². The van der Waals surface area contributed by atoms with E-state index in [1.165, 1.54) is 5.56 Å². The number of fused-ring (bicyclic) bond motifs is 1. The quantitative estimate of drug-likeness (QED) is 0.608. The zero-order chi connectivity index (χ0) is 18.1. The van der Waals surface area contributed by atoms with Gasteiger partial charge < -0.3 is 5.32 Å². The van der Waals surface area contributed by atoms with Crippen LogP contribution in [0.4, 0.5) is 5.82 Å². The number of benzene rings is 1. The zero-order valence-electron chi connectivity index (χ0n) is 15.0. The third-order valence-corrected chi connectivity index (χ3v) is 4.43. The Bertz CT molecular complexity index is 1040. The lowest BCUT2D eigenvalue weighted by atomic mass is 10.1. The number of nitrogens with one attached hydrogen (secondary N) is 1. The van der Waals surface area contributed by atoms with E-state index in [4.69, 9.17) is 9.97 Å². The molecule has 0 aliphatic rings. The Morgan fingerprint density at radius 3 is 2.58 bits per heavy atom. The fourth-order valence-electron chi connectivity index (χ4n) is 3.10. The van der Waals surface area contributed by atoms with E-state index in [0.717, 1.165) is 28.1 Å². The summed E-state index contributed by atoms with van der Waals surface area (Å²) in [4.78, 5) is 13.7. The van der Waals surface area contributed by atoms with Crippen LogP contribution in [-0.4, -0.2) is 24.7 Å². The summed E-state index contributed by atoms with van der Waals surface area (Å²) in [5, 5.41) is 9.01. The van der Waals surface area contributed by atoms with Crippen molar-refractivity contribution in [3.63, 3.8) is 0 Å². The molecular formula is C20H20N6.